The third kappa shape index (κ3) is 27.3. The van der Waals surface area contributed by atoms with E-state index in [1.54, 1.807) is 76.2 Å². The van der Waals surface area contributed by atoms with Crippen LogP contribution < -0.4 is 70.4 Å². The first kappa shape index (κ1) is 86.0. The molecule has 2 heterocycles. The molecular weight excluding hydrogens is 1370 g/mol. The van der Waals surface area contributed by atoms with E-state index in [1.165, 1.54) is 9.80 Å². The maximum atomic E-state index is 14.8. The zero-order chi connectivity index (χ0) is 74.0. The number of nitrogens with one attached hydrogen (secondary N) is 10. The maximum absolute atomic E-state index is 14.8. The van der Waals surface area contributed by atoms with Gasteiger partial charge >= 0.3 is 5.97 Å². The van der Waals surface area contributed by atoms with Gasteiger partial charge in [-0.2, -0.15) is 25.3 Å². The van der Waals surface area contributed by atoms with Crippen LogP contribution in [0.1, 0.15) is 147 Å². The second-order valence-corrected chi connectivity index (χ2v) is 28.5. The van der Waals surface area contributed by atoms with Crippen LogP contribution in [0.4, 0.5) is 0 Å². The Balaban J connectivity index is 2.42. The number of rotatable bonds is 40. The van der Waals surface area contributed by atoms with Crippen LogP contribution in [0.25, 0.3) is 0 Å². The summed E-state index contributed by atoms with van der Waals surface area (Å²) in [5.74, 6) is -14.5. The molecule has 0 aromatic carbocycles. The molecule has 0 aromatic heterocycles. The number of hydrogen-bond donors (Lipinski definition) is 18. The lowest BCUT2D eigenvalue weighted by atomic mass is 9.87. The van der Waals surface area contributed by atoms with E-state index < -0.39 is 197 Å². The van der Waals surface area contributed by atoms with Crippen molar-refractivity contribution in [2.75, 3.05) is 43.9 Å². The summed E-state index contributed by atoms with van der Waals surface area (Å²) in [5.41, 5.74) is 15.6. The number of likely N-dealkylation sites (tertiary alicyclic amines) is 2. The number of amides is 13. The number of aliphatic hydroxyl groups is 2. The molecule has 2 saturated heterocycles. The molecule has 97 heavy (non-hydrogen) atoms. The number of thiol groups is 2. The van der Waals surface area contributed by atoms with Crippen LogP contribution in [0.15, 0.2) is 4.99 Å². The van der Waals surface area contributed by atoms with Crippen LogP contribution in [0.2, 0.25) is 0 Å². The average Bonchev–Trinajstić information content (AvgIpc) is 1.78. The minimum absolute atomic E-state index is 0.0256. The van der Waals surface area contributed by atoms with Gasteiger partial charge in [0, 0.05) is 30.1 Å². The van der Waals surface area contributed by atoms with Crippen LogP contribution in [0, 0.1) is 23.2 Å². The Morgan fingerprint density at radius 2 is 0.990 bits per heavy atom. The van der Waals surface area contributed by atoms with Crippen molar-refractivity contribution >= 4 is 130 Å². The molecule has 0 radical (unpaired) electrons. The predicted octanol–water partition coefficient (Wildman–Crippen LogP) is -3.58. The quantitative estimate of drug-likeness (QED) is 0.00927. The van der Waals surface area contributed by atoms with Crippen molar-refractivity contribution in [3.63, 3.8) is 0 Å². The van der Waals surface area contributed by atoms with Gasteiger partial charge in [-0.25, -0.2) is 0 Å². The zero-order valence-electron chi connectivity index (χ0n) is 57.3. The van der Waals surface area contributed by atoms with Crippen LogP contribution in [-0.2, 0) is 67.1 Å². The highest BCUT2D eigenvalue weighted by molar-refractivity contribution is 9.09. The van der Waals surface area contributed by atoms with E-state index in [4.69, 9.17) is 17.2 Å². The van der Waals surface area contributed by atoms with E-state index in [2.05, 4.69) is 99.3 Å². The summed E-state index contributed by atoms with van der Waals surface area (Å²) in [6, 6.07) is -16.8. The van der Waals surface area contributed by atoms with Gasteiger partial charge in [-0.1, -0.05) is 97.5 Å². The number of carbonyl (C=O) groups excluding carboxylic acids is 13. The maximum Gasteiger partial charge on any atom is 0.305 e. The monoisotopic (exact) mass is 1480 g/mol. The van der Waals surface area contributed by atoms with Gasteiger partial charge in [0.15, 0.2) is 5.96 Å². The molecule has 13 amide bonds. The first-order valence-corrected chi connectivity index (χ1v) is 34.8. The number of primary amides is 1. The summed E-state index contributed by atoms with van der Waals surface area (Å²) in [7, 11) is 0. The van der Waals surface area contributed by atoms with E-state index in [1.807, 2.05) is 0 Å². The summed E-state index contributed by atoms with van der Waals surface area (Å²) in [4.78, 5) is 197. The zero-order valence-corrected chi connectivity index (χ0v) is 60.7. The highest BCUT2D eigenvalue weighted by Crippen LogP contribution is 2.28. The number of carboxylic acid groups (broad SMARTS) is 1. The topological polar surface area (TPSA) is 517 Å². The number of guanidine groups is 1. The fourth-order valence-electron chi connectivity index (χ4n) is 10.7. The second kappa shape index (κ2) is 40.7. The Morgan fingerprint density at radius 1 is 0.557 bits per heavy atom. The largest absolute Gasteiger partial charge is 0.481 e. The molecule has 0 aromatic rings. The third-order valence-electron chi connectivity index (χ3n) is 16.9. The van der Waals surface area contributed by atoms with Crippen molar-refractivity contribution in [1.29, 1.82) is 0 Å². The van der Waals surface area contributed by atoms with Crippen LogP contribution >= 0.6 is 41.2 Å². The van der Waals surface area contributed by atoms with Crippen LogP contribution in [0.5, 0.6) is 0 Å². The summed E-state index contributed by atoms with van der Waals surface area (Å²) in [6.45, 7) is 16.9. The van der Waals surface area contributed by atoms with Crippen LogP contribution in [0.3, 0.4) is 0 Å². The molecule has 0 aliphatic carbocycles. The number of nitrogens with two attached hydrogens (primary N) is 3. The van der Waals surface area contributed by atoms with E-state index in [-0.39, 0.29) is 74.7 Å². The van der Waals surface area contributed by atoms with Gasteiger partial charge in [-0.05, 0) is 82.0 Å². The predicted molar refractivity (Wildman–Crippen MR) is 367 cm³/mol. The average molecular weight is 1480 g/mol. The normalized spacial score (nSPS) is 18.7. The first-order chi connectivity index (χ1) is 45.2. The SMILES string of the molecule is CC[C@H](C)[C@H](NC(=O)CBr)C(=O)N[C@@H](CS)C(=O)N[C@@H](CO)C(=O)N[C@@H](CCCN=C(N)N)C(=O)N[C@@H](CO)C(=O)N[C@@H](CC(C)(C)C)C(=O)N1CCC[C@H]1C(=O)N[C@H](C(=O)N[C@H](C(=O)N[C@H](C(=O)N1CCC[C@H]1C(=O)N[C@@H](CC(=O)O)C(N)=O)[C@@H](C)CC)C(C)(C)S)[C@@H](C)CC. The molecule has 0 unspecified atom stereocenters. The highest BCUT2D eigenvalue weighted by atomic mass is 79.9. The Bertz CT molecular complexity index is 2810. The van der Waals surface area contributed by atoms with Crippen molar-refractivity contribution in [3.8, 4) is 0 Å². The molecule has 19 N–H and O–H groups in total. The summed E-state index contributed by atoms with van der Waals surface area (Å²) < 4.78 is -1.33. The fourth-order valence-corrected chi connectivity index (χ4v) is 11.3. The minimum atomic E-state index is -1.78. The lowest BCUT2D eigenvalue weighted by molar-refractivity contribution is -0.144. The van der Waals surface area contributed by atoms with E-state index in [0.717, 1.165) is 0 Å². The molecule has 2 rings (SSSR count). The van der Waals surface area contributed by atoms with Gasteiger partial charge in [-0.3, -0.25) is 72.1 Å². The Morgan fingerprint density at radius 3 is 1.43 bits per heavy atom. The van der Waals surface area contributed by atoms with Gasteiger partial charge in [0.1, 0.15) is 72.5 Å². The van der Waals surface area contributed by atoms with Gasteiger partial charge in [0.2, 0.25) is 76.8 Å². The Kier molecular flexibility index (Phi) is 36.1. The second-order valence-electron chi connectivity index (χ2n) is 26.4. The molecule has 36 heteroatoms. The summed E-state index contributed by atoms with van der Waals surface area (Å²) in [6.07, 6.45) is 1.10. The fraction of sp³-hybridized carbons (Fsp3) is 0.754. The number of halogens is 1. The number of aliphatic imine (C=N–C) groups is 1. The molecule has 2 aliphatic rings. The van der Waals surface area contributed by atoms with Crippen molar-refractivity contribution in [2.24, 2.45) is 45.4 Å². The molecule has 15 atom stereocenters. The Hall–Kier alpha value is -7.05. The number of nitrogens with zero attached hydrogens (tertiary/aromatic N) is 3. The molecular formula is C61H105BrN16O17S2. The van der Waals surface area contributed by atoms with Gasteiger partial charge < -0.3 is 95.5 Å². The van der Waals surface area contributed by atoms with Gasteiger partial charge in [-0.15, -0.1) is 0 Å². The summed E-state index contributed by atoms with van der Waals surface area (Å²) >= 11 is 11.9. The van der Waals surface area contributed by atoms with Gasteiger partial charge in [0.25, 0.3) is 0 Å². The molecule has 33 nitrogen and oxygen atoms in total. The van der Waals surface area contributed by atoms with Gasteiger partial charge in [0.05, 0.1) is 25.0 Å². The first-order valence-electron chi connectivity index (χ1n) is 32.6. The molecule has 0 saturated carbocycles. The van der Waals surface area contributed by atoms with Crippen molar-refractivity contribution < 1.29 is 82.4 Å². The molecule has 550 valence electrons. The van der Waals surface area contributed by atoms with Crippen LogP contribution in [-0.4, -0.2) is 235 Å². The standard InChI is InChI=1S/C61H105BrN16O17S2/c1-12-30(4)43(73-41(81)26-62)54(91)72-38(29-96)51(88)71-36(27-79)49(86)67-33(18-15-21-66-59(64)65)48(85)70-37(28-80)50(87)69-35(25-60(7,8)9)57(94)77-22-16-20-40(77)53(90)74-44(31(5)13-2)55(92)76-46(61(10,11)97)56(93)75-45(32(6)14-3)58(95)78-23-17-19-39(78)52(89)68-34(47(63)84)24-42(82)83/h30-40,43-46,79-80,96-97H,12-29H2,1-11H3,(H2,63,84)(H,67,86)(H,68,89)(H,69,87)(H,70,85)(H,71,88)(H,72,91)(H,73,81)(H,74,90)(H,75,93)(H,76,92)(H,82,83)(H4,64,65,66)/t30-,31-,32-,33-,34-,35-,36-,37-,38-,39-,40-,43-,44-,45-,46+/m0/s1. The summed E-state index contributed by atoms with van der Waals surface area (Å²) in [5, 5.41) is 55.6. The molecule has 0 spiro atoms. The number of alkyl halides is 1. The number of carboxylic acids is 1. The number of hydrogen-bond acceptors (Lipinski definition) is 19. The van der Waals surface area contributed by atoms with Crippen molar-refractivity contribution in [3.05, 3.63) is 0 Å². The smallest absolute Gasteiger partial charge is 0.305 e. The van der Waals surface area contributed by atoms with E-state index in [9.17, 15) is 82.4 Å². The lowest BCUT2D eigenvalue weighted by Crippen LogP contribution is -2.64. The van der Waals surface area contributed by atoms with E-state index >= 15 is 0 Å². The molecule has 0 bridgehead atoms. The third-order valence-corrected chi connectivity index (χ3v) is 18.1. The van der Waals surface area contributed by atoms with Crippen molar-refractivity contribution in [2.45, 2.75) is 224 Å². The minimum Gasteiger partial charge on any atom is -0.481 e. The molecule has 2 fully saturated rings. The highest BCUT2D eigenvalue weighted by Gasteiger charge is 2.46. The number of aliphatic hydroxyl groups excluding tert-OH is 2. The Labute approximate surface area is 585 Å². The molecule has 2 aliphatic heterocycles. The lowest BCUT2D eigenvalue weighted by Gasteiger charge is -2.36. The number of aliphatic carboxylic acids is 1. The van der Waals surface area contributed by atoms with E-state index in [0.29, 0.717) is 32.1 Å². The van der Waals surface area contributed by atoms with Crippen molar-refractivity contribution in [1.82, 2.24) is 63.0 Å². The number of carbonyl (C=O) groups is 14.